The summed E-state index contributed by atoms with van der Waals surface area (Å²) in [5.41, 5.74) is 2.08. The molecule has 2 aromatic carbocycles. The zero-order chi connectivity index (χ0) is 19.9. The van der Waals surface area contributed by atoms with Crippen LogP contribution in [0.4, 0.5) is 0 Å². The Kier molecular flexibility index (Phi) is 6.22. The number of amides is 1. The highest BCUT2D eigenvalue weighted by atomic mass is 16.5. The summed E-state index contributed by atoms with van der Waals surface area (Å²) in [6, 6.07) is 16.4. The third-order valence-electron chi connectivity index (χ3n) is 4.00. The van der Waals surface area contributed by atoms with Crippen LogP contribution in [0.1, 0.15) is 24.2 Å². The molecule has 0 unspecified atom stereocenters. The van der Waals surface area contributed by atoms with Crippen molar-refractivity contribution >= 4 is 5.91 Å². The molecule has 0 aliphatic heterocycles. The van der Waals surface area contributed by atoms with Crippen LogP contribution in [0.15, 0.2) is 60.9 Å². The molecule has 0 radical (unpaired) electrons. The molecule has 144 valence electrons. The summed E-state index contributed by atoms with van der Waals surface area (Å²) < 4.78 is 11.0. The number of carbonyl (C=O) groups excluding carboxylic acids is 1. The molecule has 0 aliphatic rings. The van der Waals surface area contributed by atoms with E-state index in [4.69, 9.17) is 9.47 Å². The van der Waals surface area contributed by atoms with Crippen LogP contribution in [0.3, 0.4) is 0 Å². The molecule has 0 saturated carbocycles. The van der Waals surface area contributed by atoms with E-state index in [2.05, 4.69) is 29.1 Å². The molecule has 0 atom stereocenters. The number of nitrogens with one attached hydrogen (secondary N) is 1. The van der Waals surface area contributed by atoms with Gasteiger partial charge in [0, 0.05) is 29.8 Å². The molecular weight excluding hydrogens is 354 g/mol. The highest BCUT2D eigenvalue weighted by Crippen LogP contribution is 2.26. The van der Waals surface area contributed by atoms with Gasteiger partial charge in [0.25, 0.3) is 5.91 Å². The summed E-state index contributed by atoms with van der Waals surface area (Å²) in [6.07, 6.45) is 1.44. The van der Waals surface area contributed by atoms with Gasteiger partial charge >= 0.3 is 0 Å². The topological polar surface area (TPSA) is 73.3 Å². The smallest absolute Gasteiger partial charge is 0.251 e. The van der Waals surface area contributed by atoms with E-state index in [1.165, 1.54) is 6.33 Å². The van der Waals surface area contributed by atoms with E-state index in [9.17, 15) is 4.79 Å². The number of methoxy groups -OCH3 is 1. The number of ether oxygens (including phenoxy) is 2. The van der Waals surface area contributed by atoms with Gasteiger partial charge < -0.3 is 14.8 Å². The van der Waals surface area contributed by atoms with Crippen molar-refractivity contribution in [1.29, 1.82) is 0 Å². The third kappa shape index (κ3) is 5.07. The second-order valence-corrected chi connectivity index (χ2v) is 6.71. The quantitative estimate of drug-likeness (QED) is 0.663. The Labute approximate surface area is 164 Å². The van der Waals surface area contributed by atoms with Crippen LogP contribution in [0, 0.1) is 5.92 Å². The van der Waals surface area contributed by atoms with E-state index in [0.717, 1.165) is 5.56 Å². The van der Waals surface area contributed by atoms with E-state index in [1.54, 1.807) is 25.3 Å². The fourth-order valence-electron chi connectivity index (χ4n) is 2.56. The van der Waals surface area contributed by atoms with Gasteiger partial charge in [-0.05, 0) is 30.2 Å². The first-order valence-corrected chi connectivity index (χ1v) is 9.07. The van der Waals surface area contributed by atoms with Gasteiger partial charge in [0.2, 0.25) is 5.88 Å². The van der Waals surface area contributed by atoms with Gasteiger partial charge in [0.1, 0.15) is 17.8 Å². The first kappa shape index (κ1) is 19.4. The molecule has 1 heterocycles. The molecule has 0 spiro atoms. The Bertz CT molecular complexity index is 957. The van der Waals surface area contributed by atoms with Crippen LogP contribution in [-0.4, -0.2) is 29.5 Å². The molecule has 0 bridgehead atoms. The summed E-state index contributed by atoms with van der Waals surface area (Å²) in [6.45, 7) is 4.75. The molecule has 0 saturated heterocycles. The molecule has 6 nitrogen and oxygen atoms in total. The number of hydrogen-bond acceptors (Lipinski definition) is 5. The molecule has 28 heavy (non-hydrogen) atoms. The number of carbonyl (C=O) groups is 1. The van der Waals surface area contributed by atoms with Crippen LogP contribution < -0.4 is 14.8 Å². The van der Waals surface area contributed by atoms with Crippen molar-refractivity contribution in [3.8, 4) is 28.6 Å². The number of aromatic nitrogens is 2. The highest BCUT2D eigenvalue weighted by molar-refractivity contribution is 5.95. The maximum absolute atomic E-state index is 12.3. The summed E-state index contributed by atoms with van der Waals surface area (Å²) in [7, 11) is 1.60. The first-order valence-electron chi connectivity index (χ1n) is 9.07. The van der Waals surface area contributed by atoms with Gasteiger partial charge in [0.15, 0.2) is 0 Å². The Hall–Kier alpha value is -3.41. The first-order chi connectivity index (χ1) is 13.5. The van der Waals surface area contributed by atoms with Crippen molar-refractivity contribution in [1.82, 2.24) is 15.3 Å². The van der Waals surface area contributed by atoms with Crippen LogP contribution in [0.2, 0.25) is 0 Å². The van der Waals surface area contributed by atoms with E-state index in [0.29, 0.717) is 41.1 Å². The second kappa shape index (κ2) is 8.99. The summed E-state index contributed by atoms with van der Waals surface area (Å²) in [4.78, 5) is 20.8. The minimum atomic E-state index is -0.0996. The molecule has 6 heteroatoms. The zero-order valence-electron chi connectivity index (χ0n) is 16.2. The lowest BCUT2D eigenvalue weighted by Crippen LogP contribution is -2.27. The Morgan fingerprint density at radius 1 is 1.04 bits per heavy atom. The van der Waals surface area contributed by atoms with Crippen LogP contribution in [-0.2, 0) is 0 Å². The Morgan fingerprint density at radius 2 is 1.82 bits per heavy atom. The van der Waals surface area contributed by atoms with Gasteiger partial charge in [0.05, 0.1) is 12.8 Å². The minimum Gasteiger partial charge on any atom is -0.497 e. The van der Waals surface area contributed by atoms with Crippen molar-refractivity contribution in [2.75, 3.05) is 13.7 Å². The average molecular weight is 377 g/mol. The molecule has 1 aromatic heterocycles. The van der Waals surface area contributed by atoms with Crippen molar-refractivity contribution in [3.05, 3.63) is 66.5 Å². The van der Waals surface area contributed by atoms with Crippen LogP contribution in [0.5, 0.6) is 17.4 Å². The van der Waals surface area contributed by atoms with E-state index in [1.807, 2.05) is 36.4 Å². The molecule has 3 rings (SSSR count). The fraction of sp³-hybridized carbons (Fsp3) is 0.227. The van der Waals surface area contributed by atoms with Gasteiger partial charge in [-0.3, -0.25) is 4.79 Å². The molecule has 1 amide bonds. The third-order valence-corrected chi connectivity index (χ3v) is 4.00. The number of rotatable bonds is 7. The van der Waals surface area contributed by atoms with Crippen molar-refractivity contribution in [2.45, 2.75) is 13.8 Å². The SMILES string of the molecule is COc1cccc(Oc2cc(-c3cccc(C(=O)NCC(C)C)c3)ncn2)c1. The van der Waals surface area contributed by atoms with Crippen LogP contribution in [0.25, 0.3) is 11.3 Å². The molecule has 1 N–H and O–H groups in total. The number of hydrogen-bond donors (Lipinski definition) is 1. The maximum Gasteiger partial charge on any atom is 0.251 e. The Balaban J connectivity index is 1.80. The van der Waals surface area contributed by atoms with E-state index < -0.39 is 0 Å². The monoisotopic (exact) mass is 377 g/mol. The minimum absolute atomic E-state index is 0.0996. The standard InChI is InChI=1S/C22H23N3O3/c1-15(2)13-23-22(26)17-7-4-6-16(10-17)20-12-21(25-14-24-20)28-19-9-5-8-18(11-19)27-3/h4-12,14-15H,13H2,1-3H3,(H,23,26). The van der Waals surface area contributed by atoms with E-state index >= 15 is 0 Å². The average Bonchev–Trinajstić information content (AvgIpc) is 2.72. The largest absolute Gasteiger partial charge is 0.497 e. The maximum atomic E-state index is 12.3. The molecule has 0 aliphatic carbocycles. The van der Waals surface area contributed by atoms with Crippen molar-refractivity contribution in [3.63, 3.8) is 0 Å². The molecule has 0 fully saturated rings. The van der Waals surface area contributed by atoms with E-state index in [-0.39, 0.29) is 5.91 Å². The zero-order valence-corrected chi connectivity index (χ0v) is 16.2. The predicted octanol–water partition coefficient (Wildman–Crippen LogP) is 4.33. The van der Waals surface area contributed by atoms with Gasteiger partial charge in [-0.25, -0.2) is 9.97 Å². The lowest BCUT2D eigenvalue weighted by atomic mass is 10.1. The van der Waals surface area contributed by atoms with Crippen molar-refractivity contribution < 1.29 is 14.3 Å². The second-order valence-electron chi connectivity index (χ2n) is 6.71. The van der Waals surface area contributed by atoms with Gasteiger partial charge in [-0.2, -0.15) is 0 Å². The molecular formula is C22H23N3O3. The fourth-order valence-corrected chi connectivity index (χ4v) is 2.56. The lowest BCUT2D eigenvalue weighted by molar-refractivity contribution is 0.0949. The summed E-state index contributed by atoms with van der Waals surface area (Å²) in [5.74, 6) is 2.02. The predicted molar refractivity (Wildman–Crippen MR) is 108 cm³/mol. The lowest BCUT2D eigenvalue weighted by Gasteiger charge is -2.10. The van der Waals surface area contributed by atoms with Crippen molar-refractivity contribution in [2.24, 2.45) is 5.92 Å². The summed E-state index contributed by atoms with van der Waals surface area (Å²) in [5, 5.41) is 2.92. The normalized spacial score (nSPS) is 10.6. The number of benzene rings is 2. The number of nitrogens with zero attached hydrogens (tertiary/aromatic N) is 2. The van der Waals surface area contributed by atoms with Crippen LogP contribution >= 0.6 is 0 Å². The van der Waals surface area contributed by atoms with Gasteiger partial charge in [-0.1, -0.05) is 32.0 Å². The highest BCUT2D eigenvalue weighted by Gasteiger charge is 2.10. The molecule has 3 aromatic rings. The van der Waals surface area contributed by atoms with Gasteiger partial charge in [-0.15, -0.1) is 0 Å². The summed E-state index contributed by atoms with van der Waals surface area (Å²) >= 11 is 0. The Morgan fingerprint density at radius 3 is 2.61 bits per heavy atom.